The minimum Gasteiger partial charge on any atom is -0.369 e. The van der Waals surface area contributed by atoms with Crippen molar-refractivity contribution in [3.63, 3.8) is 0 Å². The highest BCUT2D eigenvalue weighted by atomic mass is 16.2. The fraction of sp³-hybridized carbons (Fsp3) is 0.143. The number of rotatable bonds is 9. The second-order valence-corrected chi connectivity index (χ2v) is 8.25. The molecule has 176 valence electrons. The standard InChI is InChI=1S/C28H27N5O2/c1-33(2)18-17-29-25-19-24(30-27(32-25)21-13-7-4-8-14-21)28(35)31-23-16-10-9-15-22(23)26(34)20-11-5-3-6-12-20/h3-16,19H,17-18H2,1-2H3,(H,31,35)(H,29,30,32). The van der Waals surface area contributed by atoms with Crippen molar-refractivity contribution in [1.82, 2.24) is 14.9 Å². The number of amides is 1. The summed E-state index contributed by atoms with van der Waals surface area (Å²) in [4.78, 5) is 37.5. The molecular formula is C28H27N5O2. The van der Waals surface area contributed by atoms with Gasteiger partial charge in [-0.1, -0.05) is 72.8 Å². The highest BCUT2D eigenvalue weighted by Crippen LogP contribution is 2.22. The summed E-state index contributed by atoms with van der Waals surface area (Å²) >= 11 is 0. The lowest BCUT2D eigenvalue weighted by molar-refractivity contribution is 0.102. The summed E-state index contributed by atoms with van der Waals surface area (Å²) in [6.45, 7) is 1.47. The van der Waals surface area contributed by atoms with Crippen LogP contribution in [0.5, 0.6) is 0 Å². The van der Waals surface area contributed by atoms with Crippen LogP contribution in [0.2, 0.25) is 0 Å². The van der Waals surface area contributed by atoms with Gasteiger partial charge in [-0.15, -0.1) is 0 Å². The van der Waals surface area contributed by atoms with Crippen molar-refractivity contribution >= 4 is 23.2 Å². The van der Waals surface area contributed by atoms with Crippen molar-refractivity contribution in [1.29, 1.82) is 0 Å². The number of carbonyl (C=O) groups is 2. The summed E-state index contributed by atoms with van der Waals surface area (Å²) in [5, 5.41) is 6.14. The number of anilines is 2. The van der Waals surface area contributed by atoms with Gasteiger partial charge in [0, 0.05) is 35.8 Å². The predicted molar refractivity (Wildman–Crippen MR) is 139 cm³/mol. The number of likely N-dealkylation sites (N-methyl/N-ethyl adjacent to an activating group) is 1. The Hall–Kier alpha value is -4.36. The molecule has 1 amide bonds. The van der Waals surface area contributed by atoms with Crippen molar-refractivity contribution in [2.24, 2.45) is 0 Å². The van der Waals surface area contributed by atoms with Crippen LogP contribution in [0.3, 0.4) is 0 Å². The summed E-state index contributed by atoms with van der Waals surface area (Å²) in [7, 11) is 3.98. The van der Waals surface area contributed by atoms with E-state index in [0.29, 0.717) is 35.0 Å². The van der Waals surface area contributed by atoms with E-state index in [1.807, 2.05) is 62.6 Å². The molecule has 7 heteroatoms. The fourth-order valence-electron chi connectivity index (χ4n) is 3.50. The van der Waals surface area contributed by atoms with Gasteiger partial charge in [0.25, 0.3) is 5.91 Å². The lowest BCUT2D eigenvalue weighted by Crippen LogP contribution is -2.22. The monoisotopic (exact) mass is 465 g/mol. The third kappa shape index (κ3) is 6.16. The average molecular weight is 466 g/mol. The maximum Gasteiger partial charge on any atom is 0.274 e. The van der Waals surface area contributed by atoms with Gasteiger partial charge in [-0.25, -0.2) is 9.97 Å². The van der Waals surface area contributed by atoms with Gasteiger partial charge >= 0.3 is 0 Å². The summed E-state index contributed by atoms with van der Waals surface area (Å²) in [6.07, 6.45) is 0. The summed E-state index contributed by atoms with van der Waals surface area (Å²) in [6, 6.07) is 27.1. The van der Waals surface area contributed by atoms with Crippen LogP contribution < -0.4 is 10.6 Å². The number of aromatic nitrogens is 2. The van der Waals surface area contributed by atoms with Crippen LogP contribution in [0, 0.1) is 0 Å². The fourth-order valence-corrected chi connectivity index (χ4v) is 3.50. The van der Waals surface area contributed by atoms with Crippen molar-refractivity contribution in [3.8, 4) is 11.4 Å². The van der Waals surface area contributed by atoms with E-state index in [1.54, 1.807) is 42.5 Å². The third-order valence-electron chi connectivity index (χ3n) is 5.31. The molecule has 4 aromatic rings. The SMILES string of the molecule is CN(C)CCNc1cc(C(=O)Nc2ccccc2C(=O)c2ccccc2)nc(-c2ccccc2)n1. The van der Waals surface area contributed by atoms with Crippen molar-refractivity contribution < 1.29 is 9.59 Å². The van der Waals surface area contributed by atoms with Gasteiger partial charge in [0.05, 0.1) is 5.69 Å². The molecule has 0 fully saturated rings. The first-order valence-electron chi connectivity index (χ1n) is 11.3. The molecule has 0 atom stereocenters. The molecule has 0 aliphatic rings. The highest BCUT2D eigenvalue weighted by Gasteiger charge is 2.18. The Morgan fingerprint density at radius 1 is 0.829 bits per heavy atom. The van der Waals surface area contributed by atoms with Crippen LogP contribution in [-0.4, -0.2) is 53.7 Å². The molecule has 0 unspecified atom stereocenters. The molecule has 2 N–H and O–H groups in total. The van der Waals surface area contributed by atoms with Gasteiger partial charge < -0.3 is 15.5 Å². The van der Waals surface area contributed by atoms with Crippen molar-refractivity contribution in [2.45, 2.75) is 0 Å². The van der Waals surface area contributed by atoms with E-state index in [-0.39, 0.29) is 11.5 Å². The molecular weight excluding hydrogens is 438 g/mol. The summed E-state index contributed by atoms with van der Waals surface area (Å²) in [5.74, 6) is 0.410. The normalized spacial score (nSPS) is 10.7. The molecule has 1 aromatic heterocycles. The quantitative estimate of drug-likeness (QED) is 0.351. The highest BCUT2D eigenvalue weighted by molar-refractivity contribution is 6.15. The molecule has 0 aliphatic carbocycles. The zero-order valence-electron chi connectivity index (χ0n) is 19.7. The van der Waals surface area contributed by atoms with Crippen LogP contribution in [-0.2, 0) is 0 Å². The first-order chi connectivity index (χ1) is 17.0. The molecule has 0 bridgehead atoms. The van der Waals surface area contributed by atoms with Crippen molar-refractivity contribution in [2.75, 3.05) is 37.8 Å². The van der Waals surface area contributed by atoms with E-state index >= 15 is 0 Å². The molecule has 35 heavy (non-hydrogen) atoms. The van der Waals surface area contributed by atoms with Crippen LogP contribution in [0.25, 0.3) is 11.4 Å². The minimum absolute atomic E-state index is 0.166. The first kappa shape index (κ1) is 23.8. The smallest absolute Gasteiger partial charge is 0.274 e. The maximum atomic E-state index is 13.3. The Balaban J connectivity index is 1.64. The molecule has 7 nitrogen and oxygen atoms in total. The van der Waals surface area contributed by atoms with Gasteiger partial charge in [0.2, 0.25) is 0 Å². The number of ketones is 1. The number of para-hydroxylation sites is 1. The molecule has 0 aliphatic heterocycles. The number of nitrogens with zero attached hydrogens (tertiary/aromatic N) is 3. The van der Waals surface area contributed by atoms with E-state index in [0.717, 1.165) is 12.1 Å². The summed E-state index contributed by atoms with van der Waals surface area (Å²) in [5.41, 5.74) is 2.39. The van der Waals surface area contributed by atoms with Crippen LogP contribution >= 0.6 is 0 Å². The zero-order valence-corrected chi connectivity index (χ0v) is 19.7. The predicted octanol–water partition coefficient (Wildman–Crippen LogP) is 4.60. The van der Waals surface area contributed by atoms with E-state index in [2.05, 4.69) is 25.5 Å². The van der Waals surface area contributed by atoms with Crippen LogP contribution in [0.1, 0.15) is 26.4 Å². The largest absolute Gasteiger partial charge is 0.369 e. The van der Waals surface area contributed by atoms with E-state index in [1.165, 1.54) is 0 Å². The first-order valence-corrected chi connectivity index (χ1v) is 11.3. The Morgan fingerprint density at radius 2 is 1.49 bits per heavy atom. The number of nitrogens with one attached hydrogen (secondary N) is 2. The van der Waals surface area contributed by atoms with E-state index in [4.69, 9.17) is 0 Å². The van der Waals surface area contributed by atoms with Crippen LogP contribution in [0.4, 0.5) is 11.5 Å². The topological polar surface area (TPSA) is 87.2 Å². The van der Waals surface area contributed by atoms with Gasteiger partial charge in [0.1, 0.15) is 11.5 Å². The van der Waals surface area contributed by atoms with Gasteiger partial charge in [-0.3, -0.25) is 9.59 Å². The summed E-state index contributed by atoms with van der Waals surface area (Å²) < 4.78 is 0. The molecule has 1 heterocycles. The van der Waals surface area contributed by atoms with Gasteiger partial charge in [-0.2, -0.15) is 0 Å². The van der Waals surface area contributed by atoms with E-state index < -0.39 is 5.91 Å². The number of carbonyl (C=O) groups excluding carboxylic acids is 2. The second-order valence-electron chi connectivity index (χ2n) is 8.25. The Morgan fingerprint density at radius 3 is 2.20 bits per heavy atom. The number of benzene rings is 3. The second kappa shape index (κ2) is 11.2. The minimum atomic E-state index is -0.423. The number of hydrogen-bond donors (Lipinski definition) is 2. The van der Waals surface area contributed by atoms with Gasteiger partial charge in [-0.05, 0) is 26.2 Å². The number of hydrogen-bond acceptors (Lipinski definition) is 6. The zero-order chi connectivity index (χ0) is 24.6. The molecule has 0 spiro atoms. The molecule has 0 saturated heterocycles. The molecule has 3 aromatic carbocycles. The molecule has 4 rings (SSSR count). The van der Waals surface area contributed by atoms with Crippen LogP contribution in [0.15, 0.2) is 91.0 Å². The average Bonchev–Trinajstić information content (AvgIpc) is 2.89. The van der Waals surface area contributed by atoms with Gasteiger partial charge in [0.15, 0.2) is 11.6 Å². The third-order valence-corrected chi connectivity index (χ3v) is 5.31. The van der Waals surface area contributed by atoms with Crippen molar-refractivity contribution in [3.05, 3.63) is 108 Å². The molecule has 0 radical (unpaired) electrons. The molecule has 0 saturated carbocycles. The Kier molecular flexibility index (Phi) is 7.60. The Bertz CT molecular complexity index is 1310. The lowest BCUT2D eigenvalue weighted by Gasteiger charge is -2.14. The maximum absolute atomic E-state index is 13.3. The lowest BCUT2D eigenvalue weighted by atomic mass is 10.0. The Labute approximate surface area is 204 Å². The van der Waals surface area contributed by atoms with E-state index in [9.17, 15) is 9.59 Å².